The molecule has 2 N–H and O–H groups in total. The summed E-state index contributed by atoms with van der Waals surface area (Å²) in [5, 5.41) is 4.19. The van der Waals surface area contributed by atoms with E-state index in [9.17, 15) is 0 Å². The molecule has 0 saturated carbocycles. The number of hydrogen-bond acceptors (Lipinski definition) is 4. The fourth-order valence-electron chi connectivity index (χ4n) is 2.12. The van der Waals surface area contributed by atoms with Crippen molar-refractivity contribution >= 4 is 0 Å². The zero-order valence-electron chi connectivity index (χ0n) is 9.26. The van der Waals surface area contributed by atoms with Gasteiger partial charge in [0.15, 0.2) is 0 Å². The molecule has 0 amide bonds. The Morgan fingerprint density at radius 3 is 3.00 bits per heavy atom. The lowest BCUT2D eigenvalue weighted by Crippen LogP contribution is -2.46. The molecule has 0 unspecified atom stereocenters. The highest BCUT2D eigenvalue weighted by Crippen LogP contribution is 2.27. The van der Waals surface area contributed by atoms with Gasteiger partial charge in [0.1, 0.15) is 0 Å². The maximum Gasteiger partial charge on any atom is 0.0895 e. The average molecular weight is 210 g/mol. The molecule has 1 aromatic rings. The van der Waals surface area contributed by atoms with E-state index in [1.54, 1.807) is 0 Å². The molecule has 2 atom stereocenters. The second kappa shape index (κ2) is 4.30. The number of likely N-dealkylation sites (N-methyl/N-ethyl adjacent to an activating group) is 1. The van der Waals surface area contributed by atoms with Crippen molar-refractivity contribution in [2.75, 3.05) is 26.7 Å². The van der Waals surface area contributed by atoms with Crippen LogP contribution in [0.2, 0.25) is 0 Å². The number of morpholine rings is 1. The lowest BCUT2D eigenvalue weighted by atomic mass is 10.0. The first-order valence-corrected chi connectivity index (χ1v) is 5.23. The van der Waals surface area contributed by atoms with Crippen molar-refractivity contribution < 1.29 is 4.74 Å². The van der Waals surface area contributed by atoms with Crippen molar-refractivity contribution in [1.29, 1.82) is 0 Å². The first kappa shape index (κ1) is 10.6. The molecule has 84 valence electrons. The number of rotatable bonds is 2. The highest BCUT2D eigenvalue weighted by molar-refractivity contribution is 5.13. The van der Waals surface area contributed by atoms with Gasteiger partial charge in [-0.25, -0.2) is 0 Å². The fraction of sp³-hybridized carbons (Fsp3) is 0.700. The first-order valence-electron chi connectivity index (χ1n) is 5.23. The molecule has 2 rings (SSSR count). The van der Waals surface area contributed by atoms with Gasteiger partial charge in [-0.15, -0.1) is 0 Å². The van der Waals surface area contributed by atoms with Crippen molar-refractivity contribution in [1.82, 2.24) is 14.7 Å². The molecule has 1 saturated heterocycles. The molecule has 0 aromatic carbocycles. The van der Waals surface area contributed by atoms with Gasteiger partial charge in [0, 0.05) is 31.9 Å². The zero-order chi connectivity index (χ0) is 10.8. The zero-order valence-corrected chi connectivity index (χ0v) is 9.26. The van der Waals surface area contributed by atoms with E-state index in [0.29, 0.717) is 6.54 Å². The van der Waals surface area contributed by atoms with Gasteiger partial charge in [0.2, 0.25) is 0 Å². The van der Waals surface area contributed by atoms with Crippen molar-refractivity contribution in [3.05, 3.63) is 18.0 Å². The van der Waals surface area contributed by atoms with Gasteiger partial charge in [-0.2, -0.15) is 5.10 Å². The van der Waals surface area contributed by atoms with Crippen LogP contribution in [0, 0.1) is 0 Å². The number of nitrogens with two attached hydrogens (primary N) is 1. The molecule has 5 heteroatoms. The quantitative estimate of drug-likeness (QED) is 0.731. The van der Waals surface area contributed by atoms with Crippen molar-refractivity contribution in [2.45, 2.75) is 12.1 Å². The summed E-state index contributed by atoms with van der Waals surface area (Å²) < 4.78 is 7.48. The molecule has 1 aliphatic rings. The molecule has 2 heterocycles. The summed E-state index contributed by atoms with van der Waals surface area (Å²) in [6, 6.07) is 0.234. The van der Waals surface area contributed by atoms with Crippen LogP contribution in [0.3, 0.4) is 0 Å². The van der Waals surface area contributed by atoms with Gasteiger partial charge in [-0.1, -0.05) is 0 Å². The number of hydrogen-bond donors (Lipinski definition) is 1. The van der Waals surface area contributed by atoms with Crippen LogP contribution in [0.5, 0.6) is 0 Å². The Balaban J connectivity index is 2.22. The van der Waals surface area contributed by atoms with Gasteiger partial charge in [0.05, 0.1) is 24.9 Å². The monoisotopic (exact) mass is 210 g/mol. The van der Waals surface area contributed by atoms with Crippen molar-refractivity contribution in [3.8, 4) is 0 Å². The summed E-state index contributed by atoms with van der Waals surface area (Å²) in [5.41, 5.74) is 6.90. The molecular formula is C10H18N4O. The third-order valence-corrected chi connectivity index (χ3v) is 2.90. The number of aromatic nitrogens is 2. The number of aryl methyl sites for hydroxylation is 1. The molecule has 15 heavy (non-hydrogen) atoms. The summed E-state index contributed by atoms with van der Waals surface area (Å²) >= 11 is 0. The molecule has 0 bridgehead atoms. The van der Waals surface area contributed by atoms with E-state index in [-0.39, 0.29) is 12.1 Å². The third kappa shape index (κ3) is 2.04. The van der Waals surface area contributed by atoms with E-state index in [1.165, 1.54) is 5.56 Å². The number of ether oxygens (including phenoxy) is 1. The highest BCUT2D eigenvalue weighted by Gasteiger charge is 2.31. The predicted octanol–water partition coefficient (Wildman–Crippen LogP) is -0.249. The minimum absolute atomic E-state index is 0.0768. The van der Waals surface area contributed by atoms with Crippen LogP contribution in [0.25, 0.3) is 0 Å². The topological polar surface area (TPSA) is 56.3 Å². The highest BCUT2D eigenvalue weighted by atomic mass is 16.5. The summed E-state index contributed by atoms with van der Waals surface area (Å²) in [7, 11) is 4.02. The predicted molar refractivity (Wildman–Crippen MR) is 57.4 cm³/mol. The minimum Gasteiger partial charge on any atom is -0.374 e. The first-order chi connectivity index (χ1) is 7.22. The van der Waals surface area contributed by atoms with Crippen LogP contribution in [-0.2, 0) is 11.8 Å². The van der Waals surface area contributed by atoms with E-state index in [4.69, 9.17) is 10.5 Å². The molecular weight excluding hydrogens is 192 g/mol. The lowest BCUT2D eigenvalue weighted by Gasteiger charge is -2.38. The molecule has 0 radical (unpaired) electrons. The lowest BCUT2D eigenvalue weighted by molar-refractivity contribution is -0.0576. The molecule has 0 spiro atoms. The van der Waals surface area contributed by atoms with Crippen LogP contribution >= 0.6 is 0 Å². The third-order valence-electron chi connectivity index (χ3n) is 2.90. The fourth-order valence-corrected chi connectivity index (χ4v) is 2.12. The Bertz CT molecular complexity index is 325. The molecule has 1 fully saturated rings. The summed E-state index contributed by atoms with van der Waals surface area (Å²) in [6.07, 6.45) is 3.99. The van der Waals surface area contributed by atoms with Gasteiger partial charge < -0.3 is 10.5 Å². The van der Waals surface area contributed by atoms with Crippen LogP contribution < -0.4 is 5.73 Å². The van der Waals surface area contributed by atoms with Gasteiger partial charge in [-0.05, 0) is 7.05 Å². The summed E-state index contributed by atoms with van der Waals surface area (Å²) in [5.74, 6) is 0. The standard InChI is InChI=1S/C10H18N4O/c1-13-3-4-15-9(5-11)10(13)8-6-12-14(2)7-8/h6-7,9-10H,3-5,11H2,1-2H3/t9-,10-/m0/s1. The van der Waals surface area contributed by atoms with E-state index in [2.05, 4.69) is 17.0 Å². The van der Waals surface area contributed by atoms with E-state index in [1.807, 2.05) is 24.1 Å². The van der Waals surface area contributed by atoms with Crippen LogP contribution in [0.15, 0.2) is 12.4 Å². The Morgan fingerprint density at radius 1 is 1.60 bits per heavy atom. The van der Waals surface area contributed by atoms with Gasteiger partial charge in [0.25, 0.3) is 0 Å². The van der Waals surface area contributed by atoms with Crippen LogP contribution in [0.1, 0.15) is 11.6 Å². The molecule has 1 aliphatic heterocycles. The van der Waals surface area contributed by atoms with Crippen LogP contribution in [0.4, 0.5) is 0 Å². The maximum absolute atomic E-state index is 5.72. The van der Waals surface area contributed by atoms with E-state index < -0.39 is 0 Å². The molecule has 1 aromatic heterocycles. The van der Waals surface area contributed by atoms with Crippen molar-refractivity contribution in [3.63, 3.8) is 0 Å². The largest absolute Gasteiger partial charge is 0.374 e. The average Bonchev–Trinajstić information content (AvgIpc) is 2.64. The van der Waals surface area contributed by atoms with Crippen LogP contribution in [-0.4, -0.2) is 47.5 Å². The van der Waals surface area contributed by atoms with E-state index >= 15 is 0 Å². The van der Waals surface area contributed by atoms with Crippen molar-refractivity contribution in [2.24, 2.45) is 12.8 Å². The van der Waals surface area contributed by atoms with E-state index in [0.717, 1.165) is 13.2 Å². The second-order valence-corrected chi connectivity index (χ2v) is 4.02. The smallest absolute Gasteiger partial charge is 0.0895 e. The Morgan fingerprint density at radius 2 is 2.40 bits per heavy atom. The SMILES string of the molecule is CN1CCO[C@@H](CN)[C@@H]1c1cnn(C)c1. The Kier molecular flexibility index (Phi) is 3.04. The maximum atomic E-state index is 5.72. The molecule has 5 nitrogen and oxygen atoms in total. The normalized spacial score (nSPS) is 28.2. The second-order valence-electron chi connectivity index (χ2n) is 4.02. The summed E-state index contributed by atoms with van der Waals surface area (Å²) in [6.45, 7) is 2.25. The van der Waals surface area contributed by atoms with Gasteiger partial charge in [-0.3, -0.25) is 9.58 Å². The number of nitrogens with zero attached hydrogens (tertiary/aromatic N) is 3. The van der Waals surface area contributed by atoms with Gasteiger partial charge >= 0.3 is 0 Å². The molecule has 0 aliphatic carbocycles. The Hall–Kier alpha value is -0.910. The minimum atomic E-state index is 0.0768. The Labute approximate surface area is 89.8 Å². The summed E-state index contributed by atoms with van der Waals surface area (Å²) in [4.78, 5) is 2.28.